The van der Waals surface area contributed by atoms with Gasteiger partial charge in [-0.15, -0.1) is 5.10 Å². The van der Waals surface area contributed by atoms with Crippen LogP contribution in [0.1, 0.15) is 21.6 Å². The van der Waals surface area contributed by atoms with Crippen molar-refractivity contribution in [1.29, 1.82) is 5.26 Å². The Morgan fingerprint density at radius 3 is 2.84 bits per heavy atom. The summed E-state index contributed by atoms with van der Waals surface area (Å²) < 4.78 is 4.96. The van der Waals surface area contributed by atoms with E-state index >= 15 is 0 Å². The summed E-state index contributed by atoms with van der Waals surface area (Å²) in [5.41, 5.74) is 2.78. The summed E-state index contributed by atoms with van der Waals surface area (Å²) in [7, 11) is 1.48. The van der Waals surface area contributed by atoms with Crippen LogP contribution in [0.25, 0.3) is 11.1 Å². The molecular formula is C16H12N6O2S. The van der Waals surface area contributed by atoms with Crippen molar-refractivity contribution >= 4 is 22.4 Å². The average Bonchev–Trinajstić information content (AvgIpc) is 3.09. The van der Waals surface area contributed by atoms with Gasteiger partial charge in [-0.3, -0.25) is 20.1 Å². The van der Waals surface area contributed by atoms with Gasteiger partial charge in [-0.1, -0.05) is 5.10 Å². The Balaban J connectivity index is 1.98. The molecule has 0 radical (unpaired) electrons. The Bertz CT molecular complexity index is 979. The van der Waals surface area contributed by atoms with Gasteiger partial charge in [-0.05, 0) is 36.0 Å². The van der Waals surface area contributed by atoms with E-state index in [1.54, 1.807) is 18.3 Å². The molecule has 1 N–H and O–H groups in total. The number of pyridine rings is 2. The van der Waals surface area contributed by atoms with Crippen molar-refractivity contribution in [1.82, 2.24) is 20.2 Å². The number of aryl methyl sites for hydroxylation is 1. The van der Waals surface area contributed by atoms with Gasteiger partial charge in [0.05, 0.1) is 18.2 Å². The highest BCUT2D eigenvalue weighted by Crippen LogP contribution is 2.26. The van der Waals surface area contributed by atoms with E-state index in [-0.39, 0.29) is 5.91 Å². The summed E-state index contributed by atoms with van der Waals surface area (Å²) in [4.78, 5) is 20.9. The number of ether oxygens (including phenoxy) is 1. The summed E-state index contributed by atoms with van der Waals surface area (Å²) in [6, 6.07) is 5.49. The van der Waals surface area contributed by atoms with Crippen molar-refractivity contribution in [3.8, 4) is 22.4 Å². The quantitative estimate of drug-likeness (QED) is 0.767. The zero-order chi connectivity index (χ0) is 17.8. The number of hydrogen-bond donors (Lipinski definition) is 1. The number of anilines is 1. The second-order valence-corrected chi connectivity index (χ2v) is 5.92. The van der Waals surface area contributed by atoms with Crippen molar-refractivity contribution < 1.29 is 9.53 Å². The number of amides is 1. The maximum Gasteiger partial charge on any atom is 0.295 e. The lowest BCUT2D eigenvalue weighted by atomic mass is 10.0. The minimum absolute atomic E-state index is 0.317. The Morgan fingerprint density at radius 1 is 1.28 bits per heavy atom. The van der Waals surface area contributed by atoms with Crippen LogP contribution in [0.3, 0.4) is 0 Å². The van der Waals surface area contributed by atoms with E-state index in [0.29, 0.717) is 32.6 Å². The third-order valence-corrected chi connectivity index (χ3v) is 4.07. The first-order chi connectivity index (χ1) is 12.1. The number of rotatable bonds is 4. The van der Waals surface area contributed by atoms with Gasteiger partial charge >= 0.3 is 0 Å². The highest BCUT2D eigenvalue weighted by Gasteiger charge is 2.17. The maximum atomic E-state index is 12.6. The van der Waals surface area contributed by atoms with Crippen LogP contribution in [0, 0.1) is 18.3 Å². The summed E-state index contributed by atoms with van der Waals surface area (Å²) in [5.74, 6) is -0.385. The van der Waals surface area contributed by atoms with Crippen molar-refractivity contribution in [2.24, 2.45) is 0 Å². The van der Waals surface area contributed by atoms with Crippen molar-refractivity contribution in [3.05, 3.63) is 47.5 Å². The van der Waals surface area contributed by atoms with Gasteiger partial charge in [0, 0.05) is 29.8 Å². The Labute approximate surface area is 147 Å². The highest BCUT2D eigenvalue weighted by atomic mass is 32.1. The number of carbonyl (C=O) groups excluding carboxylic acids is 1. The fraction of sp³-hybridized carbons (Fsp3) is 0.125. The molecule has 0 aliphatic heterocycles. The number of nitrogens with zero attached hydrogens (tertiary/aromatic N) is 5. The van der Waals surface area contributed by atoms with E-state index in [1.807, 2.05) is 13.0 Å². The summed E-state index contributed by atoms with van der Waals surface area (Å²) in [6.45, 7) is 1.82. The van der Waals surface area contributed by atoms with Crippen LogP contribution in [-0.4, -0.2) is 33.2 Å². The molecule has 0 bridgehead atoms. The minimum Gasteiger partial charge on any atom is -0.472 e. The zero-order valence-corrected chi connectivity index (χ0v) is 14.2. The highest BCUT2D eigenvalue weighted by molar-refractivity contribution is 7.17. The molecule has 3 aromatic rings. The van der Waals surface area contributed by atoms with Crippen LogP contribution in [-0.2, 0) is 0 Å². The first-order valence-electron chi connectivity index (χ1n) is 7.11. The van der Waals surface area contributed by atoms with E-state index in [1.165, 1.54) is 19.5 Å². The molecule has 0 unspecified atom stereocenters. The molecule has 3 heterocycles. The molecule has 0 aliphatic carbocycles. The van der Waals surface area contributed by atoms with Gasteiger partial charge in [-0.25, -0.2) is 0 Å². The molecule has 124 valence electrons. The van der Waals surface area contributed by atoms with Gasteiger partial charge < -0.3 is 4.74 Å². The Hall–Kier alpha value is -3.38. The largest absolute Gasteiger partial charge is 0.472 e. The molecule has 8 nitrogen and oxygen atoms in total. The van der Waals surface area contributed by atoms with E-state index in [9.17, 15) is 4.79 Å². The number of nitrogens with one attached hydrogen (secondary N) is 1. The van der Waals surface area contributed by atoms with Gasteiger partial charge in [-0.2, -0.15) is 5.26 Å². The van der Waals surface area contributed by atoms with E-state index in [2.05, 4.69) is 25.5 Å². The molecule has 0 aromatic carbocycles. The predicted molar refractivity (Wildman–Crippen MR) is 91.3 cm³/mol. The van der Waals surface area contributed by atoms with E-state index in [0.717, 1.165) is 17.0 Å². The predicted octanol–water partition coefficient (Wildman–Crippen LogP) is 2.44. The normalized spacial score (nSPS) is 10.1. The third-order valence-electron chi connectivity index (χ3n) is 3.27. The molecule has 1 amide bonds. The second kappa shape index (κ2) is 7.02. The van der Waals surface area contributed by atoms with Crippen molar-refractivity contribution in [2.45, 2.75) is 6.92 Å². The number of carbonyl (C=O) groups is 1. The lowest BCUT2D eigenvalue weighted by molar-refractivity contribution is 0.102. The third kappa shape index (κ3) is 3.59. The van der Waals surface area contributed by atoms with Crippen LogP contribution in [0.2, 0.25) is 0 Å². The lowest BCUT2D eigenvalue weighted by Gasteiger charge is -2.09. The smallest absolute Gasteiger partial charge is 0.295 e. The molecule has 25 heavy (non-hydrogen) atoms. The van der Waals surface area contributed by atoms with Crippen molar-refractivity contribution in [3.63, 3.8) is 0 Å². The van der Waals surface area contributed by atoms with Crippen LogP contribution < -0.4 is 10.1 Å². The van der Waals surface area contributed by atoms with Crippen LogP contribution in [0.5, 0.6) is 5.19 Å². The SMILES string of the molecule is COc1nnc(NC(=O)c2cnc(C)cc2-c2cncc(C#N)c2)s1. The molecule has 3 aromatic heterocycles. The van der Waals surface area contributed by atoms with Crippen molar-refractivity contribution in [2.75, 3.05) is 12.4 Å². The molecule has 0 saturated heterocycles. The Morgan fingerprint density at radius 2 is 2.12 bits per heavy atom. The van der Waals surface area contributed by atoms with E-state index in [4.69, 9.17) is 10.00 Å². The van der Waals surface area contributed by atoms with Gasteiger partial charge in [0.15, 0.2) is 0 Å². The summed E-state index contributed by atoms with van der Waals surface area (Å²) >= 11 is 1.11. The average molecular weight is 352 g/mol. The fourth-order valence-corrected chi connectivity index (χ4v) is 2.69. The van der Waals surface area contributed by atoms with Gasteiger partial charge in [0.1, 0.15) is 6.07 Å². The minimum atomic E-state index is -0.385. The fourth-order valence-electron chi connectivity index (χ4n) is 2.14. The molecule has 0 atom stereocenters. The molecule has 0 saturated carbocycles. The van der Waals surface area contributed by atoms with E-state index < -0.39 is 0 Å². The summed E-state index contributed by atoms with van der Waals surface area (Å²) in [5, 5.41) is 20.0. The second-order valence-electron chi connectivity index (χ2n) is 4.98. The van der Waals surface area contributed by atoms with Crippen LogP contribution in [0.4, 0.5) is 5.13 Å². The van der Waals surface area contributed by atoms with Gasteiger partial charge in [0.2, 0.25) is 5.13 Å². The van der Waals surface area contributed by atoms with Gasteiger partial charge in [0.25, 0.3) is 11.1 Å². The molecule has 3 rings (SSSR count). The summed E-state index contributed by atoms with van der Waals surface area (Å²) in [6.07, 6.45) is 4.54. The van der Waals surface area contributed by atoms with Crippen LogP contribution >= 0.6 is 11.3 Å². The zero-order valence-electron chi connectivity index (χ0n) is 13.3. The number of hydrogen-bond acceptors (Lipinski definition) is 8. The maximum absolute atomic E-state index is 12.6. The molecule has 0 spiro atoms. The number of nitriles is 1. The number of methoxy groups -OCH3 is 1. The monoisotopic (exact) mass is 352 g/mol. The Kier molecular flexibility index (Phi) is 4.63. The first-order valence-corrected chi connectivity index (χ1v) is 7.93. The standard InChI is InChI=1S/C16H12N6O2S/c1-9-3-12(11-4-10(5-17)6-18-7-11)13(8-19-9)14(23)20-15-21-22-16(24-2)25-15/h3-4,6-8H,1-2H3,(H,20,21,23). The first kappa shape index (κ1) is 16.5. The lowest BCUT2D eigenvalue weighted by Crippen LogP contribution is -2.14. The molecular weight excluding hydrogens is 340 g/mol. The topological polar surface area (TPSA) is 114 Å². The van der Waals surface area contributed by atoms with Crippen LogP contribution in [0.15, 0.2) is 30.7 Å². The molecule has 9 heteroatoms. The molecule has 0 aliphatic rings. The number of aromatic nitrogens is 4. The molecule has 0 fully saturated rings.